The Morgan fingerprint density at radius 2 is 2.38 bits per heavy atom. The SMILES string of the molecule is CC[C@@H](N)c1cncn1Cc1nc(C)cs1. The lowest BCUT2D eigenvalue weighted by molar-refractivity contribution is 0.617. The molecule has 4 nitrogen and oxygen atoms in total. The highest BCUT2D eigenvalue weighted by Crippen LogP contribution is 2.16. The van der Waals surface area contributed by atoms with E-state index in [1.807, 2.05) is 19.4 Å². The number of hydrogen-bond donors (Lipinski definition) is 1. The van der Waals surface area contributed by atoms with Crippen molar-refractivity contribution in [2.75, 3.05) is 0 Å². The fourth-order valence-electron chi connectivity index (χ4n) is 1.60. The molecule has 2 heterocycles. The molecule has 1 atom stereocenters. The van der Waals surface area contributed by atoms with Crippen molar-refractivity contribution in [1.82, 2.24) is 14.5 Å². The van der Waals surface area contributed by atoms with Gasteiger partial charge in [-0.1, -0.05) is 6.92 Å². The summed E-state index contributed by atoms with van der Waals surface area (Å²) in [6.07, 6.45) is 4.58. The number of thiazole rings is 1. The van der Waals surface area contributed by atoms with Gasteiger partial charge in [0.25, 0.3) is 0 Å². The third kappa shape index (κ3) is 2.31. The van der Waals surface area contributed by atoms with Crippen LogP contribution in [0.5, 0.6) is 0 Å². The average Bonchev–Trinajstić information content (AvgIpc) is 2.87. The molecule has 0 spiro atoms. The van der Waals surface area contributed by atoms with Gasteiger partial charge in [-0.25, -0.2) is 9.97 Å². The van der Waals surface area contributed by atoms with Gasteiger partial charge in [0.1, 0.15) is 5.01 Å². The predicted molar refractivity (Wildman–Crippen MR) is 65.4 cm³/mol. The van der Waals surface area contributed by atoms with Gasteiger partial charge in [0.2, 0.25) is 0 Å². The van der Waals surface area contributed by atoms with Crippen LogP contribution in [0.15, 0.2) is 17.9 Å². The summed E-state index contributed by atoms with van der Waals surface area (Å²) in [4.78, 5) is 8.59. The van der Waals surface area contributed by atoms with Crippen LogP contribution in [0.4, 0.5) is 0 Å². The van der Waals surface area contributed by atoms with Gasteiger partial charge in [-0.05, 0) is 13.3 Å². The van der Waals surface area contributed by atoms with E-state index in [4.69, 9.17) is 5.73 Å². The summed E-state index contributed by atoms with van der Waals surface area (Å²) >= 11 is 1.68. The lowest BCUT2D eigenvalue weighted by Gasteiger charge is -2.11. The van der Waals surface area contributed by atoms with Gasteiger partial charge in [-0.15, -0.1) is 11.3 Å². The van der Waals surface area contributed by atoms with Crippen molar-refractivity contribution in [3.05, 3.63) is 34.3 Å². The summed E-state index contributed by atoms with van der Waals surface area (Å²) in [6, 6.07) is 0.0589. The van der Waals surface area contributed by atoms with Gasteiger partial charge in [0, 0.05) is 23.3 Å². The van der Waals surface area contributed by atoms with Crippen molar-refractivity contribution in [2.24, 2.45) is 5.73 Å². The molecule has 0 amide bonds. The molecule has 0 fully saturated rings. The third-order valence-corrected chi connectivity index (χ3v) is 3.49. The molecule has 0 radical (unpaired) electrons. The van der Waals surface area contributed by atoms with Gasteiger partial charge in [-0.3, -0.25) is 0 Å². The van der Waals surface area contributed by atoms with Crippen molar-refractivity contribution < 1.29 is 0 Å². The second-order valence-corrected chi connectivity index (χ2v) is 4.79. The Kier molecular flexibility index (Phi) is 3.36. The quantitative estimate of drug-likeness (QED) is 0.884. The van der Waals surface area contributed by atoms with Gasteiger partial charge >= 0.3 is 0 Å². The van der Waals surface area contributed by atoms with Crippen LogP contribution in [-0.4, -0.2) is 14.5 Å². The maximum Gasteiger partial charge on any atom is 0.113 e. The first-order valence-corrected chi connectivity index (χ1v) is 6.25. The van der Waals surface area contributed by atoms with E-state index >= 15 is 0 Å². The molecular formula is C11H16N4S. The molecule has 86 valence electrons. The monoisotopic (exact) mass is 236 g/mol. The molecule has 2 rings (SSSR count). The average molecular weight is 236 g/mol. The van der Waals surface area contributed by atoms with Crippen LogP contribution in [0.25, 0.3) is 0 Å². The minimum Gasteiger partial charge on any atom is -0.326 e. The minimum atomic E-state index is 0.0589. The number of nitrogens with two attached hydrogens (primary N) is 1. The zero-order valence-electron chi connectivity index (χ0n) is 9.55. The van der Waals surface area contributed by atoms with E-state index in [0.717, 1.165) is 29.4 Å². The summed E-state index contributed by atoms with van der Waals surface area (Å²) < 4.78 is 2.08. The van der Waals surface area contributed by atoms with E-state index in [-0.39, 0.29) is 6.04 Å². The number of aryl methyl sites for hydroxylation is 1. The van der Waals surface area contributed by atoms with Crippen LogP contribution in [0.1, 0.15) is 35.8 Å². The highest BCUT2D eigenvalue weighted by molar-refractivity contribution is 7.09. The van der Waals surface area contributed by atoms with E-state index in [1.165, 1.54) is 0 Å². The highest BCUT2D eigenvalue weighted by atomic mass is 32.1. The van der Waals surface area contributed by atoms with Crippen LogP contribution < -0.4 is 5.73 Å². The summed E-state index contributed by atoms with van der Waals surface area (Å²) in [6.45, 7) is 4.85. The molecule has 0 aliphatic rings. The molecule has 2 N–H and O–H groups in total. The summed E-state index contributed by atoms with van der Waals surface area (Å²) in [5, 5.41) is 3.16. The lowest BCUT2D eigenvalue weighted by atomic mass is 10.2. The van der Waals surface area contributed by atoms with Crippen LogP contribution in [-0.2, 0) is 6.54 Å². The Morgan fingerprint density at radius 1 is 1.56 bits per heavy atom. The van der Waals surface area contributed by atoms with Crippen molar-refractivity contribution >= 4 is 11.3 Å². The van der Waals surface area contributed by atoms with Crippen molar-refractivity contribution in [3.8, 4) is 0 Å². The number of imidazole rings is 1. The summed E-state index contributed by atoms with van der Waals surface area (Å²) in [5.41, 5.74) is 8.17. The van der Waals surface area contributed by atoms with Gasteiger partial charge in [0.05, 0.1) is 18.6 Å². The van der Waals surface area contributed by atoms with E-state index in [2.05, 4.69) is 26.8 Å². The van der Waals surface area contributed by atoms with Crippen LogP contribution in [0.3, 0.4) is 0 Å². The van der Waals surface area contributed by atoms with Gasteiger partial charge in [0.15, 0.2) is 0 Å². The van der Waals surface area contributed by atoms with Crippen LogP contribution in [0.2, 0.25) is 0 Å². The number of aromatic nitrogens is 3. The second-order valence-electron chi connectivity index (χ2n) is 3.84. The van der Waals surface area contributed by atoms with E-state index in [0.29, 0.717) is 0 Å². The third-order valence-electron chi connectivity index (χ3n) is 2.54. The molecular weight excluding hydrogens is 220 g/mol. The van der Waals surface area contributed by atoms with Crippen molar-refractivity contribution in [3.63, 3.8) is 0 Å². The largest absolute Gasteiger partial charge is 0.326 e. The molecule has 0 aromatic carbocycles. The Hall–Kier alpha value is -1.20. The highest BCUT2D eigenvalue weighted by Gasteiger charge is 2.10. The molecule has 16 heavy (non-hydrogen) atoms. The second kappa shape index (κ2) is 4.76. The Balaban J connectivity index is 2.18. The molecule has 0 saturated carbocycles. The normalized spacial score (nSPS) is 12.9. The van der Waals surface area contributed by atoms with E-state index in [1.54, 1.807) is 11.3 Å². The summed E-state index contributed by atoms with van der Waals surface area (Å²) in [7, 11) is 0. The Morgan fingerprint density at radius 3 is 3.00 bits per heavy atom. The zero-order chi connectivity index (χ0) is 11.5. The van der Waals surface area contributed by atoms with Gasteiger partial charge < -0.3 is 10.3 Å². The van der Waals surface area contributed by atoms with Crippen LogP contribution >= 0.6 is 11.3 Å². The molecule has 0 aliphatic carbocycles. The van der Waals surface area contributed by atoms with Gasteiger partial charge in [-0.2, -0.15) is 0 Å². The molecule has 0 unspecified atom stereocenters. The molecule has 2 aromatic heterocycles. The molecule has 0 aliphatic heterocycles. The minimum absolute atomic E-state index is 0.0589. The Bertz CT molecular complexity index is 460. The Labute approximate surface area is 99.2 Å². The topological polar surface area (TPSA) is 56.7 Å². The molecule has 2 aromatic rings. The molecule has 0 saturated heterocycles. The fraction of sp³-hybridized carbons (Fsp3) is 0.455. The first-order chi connectivity index (χ1) is 7.70. The number of hydrogen-bond acceptors (Lipinski definition) is 4. The first kappa shape index (κ1) is 11.3. The molecule has 0 bridgehead atoms. The fourth-order valence-corrected chi connectivity index (χ4v) is 2.37. The van der Waals surface area contributed by atoms with Crippen molar-refractivity contribution in [2.45, 2.75) is 32.9 Å². The maximum atomic E-state index is 6.02. The van der Waals surface area contributed by atoms with E-state index < -0.39 is 0 Å². The first-order valence-electron chi connectivity index (χ1n) is 5.37. The number of rotatable bonds is 4. The van der Waals surface area contributed by atoms with Crippen LogP contribution in [0, 0.1) is 6.92 Å². The standard InChI is InChI=1S/C11H16N4S/c1-3-9(12)10-4-13-7-15(10)5-11-14-8(2)6-16-11/h4,6-7,9H,3,5,12H2,1-2H3/t9-/m1/s1. The smallest absolute Gasteiger partial charge is 0.113 e. The summed E-state index contributed by atoms with van der Waals surface area (Å²) in [5.74, 6) is 0. The zero-order valence-corrected chi connectivity index (χ0v) is 10.4. The number of nitrogens with zero attached hydrogens (tertiary/aromatic N) is 3. The molecule has 5 heteroatoms. The van der Waals surface area contributed by atoms with Crippen molar-refractivity contribution in [1.29, 1.82) is 0 Å². The maximum absolute atomic E-state index is 6.02. The van der Waals surface area contributed by atoms with E-state index in [9.17, 15) is 0 Å². The lowest BCUT2D eigenvalue weighted by Crippen LogP contribution is -2.14. The predicted octanol–water partition coefficient (Wildman–Crippen LogP) is 2.11.